The zero-order valence-electron chi connectivity index (χ0n) is 13.1. The normalized spacial score (nSPS) is 16.1. The van der Waals surface area contributed by atoms with Crippen molar-refractivity contribution >= 4 is 16.6 Å². The van der Waals surface area contributed by atoms with Crippen molar-refractivity contribution in [3.63, 3.8) is 0 Å². The lowest BCUT2D eigenvalue weighted by atomic mass is 10.2. The van der Waals surface area contributed by atoms with Crippen LogP contribution in [0.2, 0.25) is 0 Å². The van der Waals surface area contributed by atoms with Crippen molar-refractivity contribution in [3.8, 4) is 0 Å². The third-order valence-corrected chi connectivity index (χ3v) is 4.44. The smallest absolute Gasteiger partial charge is 0.181 e. The number of aryl methyl sites for hydroxylation is 1. The van der Waals surface area contributed by atoms with Crippen molar-refractivity contribution in [2.45, 2.75) is 13.5 Å². The molecule has 3 aromatic rings. The Bertz CT molecular complexity index is 807. The first-order chi connectivity index (χ1) is 11.3. The number of rotatable bonds is 3. The molecule has 0 radical (unpaired) electrons. The molecule has 4 rings (SSSR count). The Morgan fingerprint density at radius 1 is 1.13 bits per heavy atom. The fraction of sp³-hybridized carbons (Fsp3) is 0.353. The van der Waals surface area contributed by atoms with Crippen LogP contribution in [0, 0.1) is 6.92 Å². The molecule has 3 heterocycles. The molecule has 0 aliphatic carbocycles. The van der Waals surface area contributed by atoms with E-state index in [1.54, 1.807) is 6.33 Å². The third kappa shape index (κ3) is 2.90. The van der Waals surface area contributed by atoms with Gasteiger partial charge in [-0.1, -0.05) is 0 Å². The van der Waals surface area contributed by atoms with Crippen molar-refractivity contribution in [1.29, 1.82) is 0 Å². The van der Waals surface area contributed by atoms with Gasteiger partial charge in [0, 0.05) is 50.0 Å². The standard InChI is InChI=1S/C17H19N5O/c1-13-17(20-12-23-13)10-21-4-6-22(7-5-21)15-2-3-16-14(8-15)9-18-11-19-16/h2-3,8-9,11-12H,4-7,10H2,1H3. The zero-order chi connectivity index (χ0) is 15.6. The van der Waals surface area contributed by atoms with Gasteiger partial charge in [-0.15, -0.1) is 0 Å². The summed E-state index contributed by atoms with van der Waals surface area (Å²) < 4.78 is 5.28. The van der Waals surface area contributed by atoms with E-state index in [0.29, 0.717) is 0 Å². The molecule has 0 bridgehead atoms. The minimum Gasteiger partial charge on any atom is -0.448 e. The molecule has 2 aromatic heterocycles. The molecular formula is C17H19N5O. The molecule has 1 fully saturated rings. The molecule has 0 saturated carbocycles. The Morgan fingerprint density at radius 3 is 2.78 bits per heavy atom. The van der Waals surface area contributed by atoms with E-state index in [1.165, 1.54) is 12.1 Å². The Labute approximate surface area is 134 Å². The van der Waals surface area contributed by atoms with Gasteiger partial charge < -0.3 is 9.32 Å². The lowest BCUT2D eigenvalue weighted by Crippen LogP contribution is -2.46. The van der Waals surface area contributed by atoms with E-state index in [4.69, 9.17) is 4.42 Å². The van der Waals surface area contributed by atoms with E-state index < -0.39 is 0 Å². The van der Waals surface area contributed by atoms with E-state index in [1.807, 2.05) is 13.1 Å². The van der Waals surface area contributed by atoms with E-state index in [-0.39, 0.29) is 0 Å². The minimum atomic E-state index is 0.863. The molecule has 23 heavy (non-hydrogen) atoms. The maximum Gasteiger partial charge on any atom is 0.181 e. The predicted octanol–water partition coefficient (Wildman–Crippen LogP) is 2.25. The van der Waals surface area contributed by atoms with Crippen LogP contribution in [-0.2, 0) is 6.54 Å². The summed E-state index contributed by atoms with van der Waals surface area (Å²) in [6, 6.07) is 6.39. The maximum absolute atomic E-state index is 5.28. The monoisotopic (exact) mass is 309 g/mol. The van der Waals surface area contributed by atoms with E-state index in [2.05, 4.69) is 43.0 Å². The average molecular weight is 309 g/mol. The van der Waals surface area contributed by atoms with Gasteiger partial charge in [-0.25, -0.2) is 15.0 Å². The summed E-state index contributed by atoms with van der Waals surface area (Å²) in [6.07, 6.45) is 4.99. The van der Waals surface area contributed by atoms with Gasteiger partial charge in [-0.2, -0.15) is 0 Å². The van der Waals surface area contributed by atoms with Gasteiger partial charge >= 0.3 is 0 Å². The lowest BCUT2D eigenvalue weighted by Gasteiger charge is -2.35. The highest BCUT2D eigenvalue weighted by Crippen LogP contribution is 2.22. The second-order valence-electron chi connectivity index (χ2n) is 5.88. The Hall–Kier alpha value is -2.47. The Morgan fingerprint density at radius 2 is 2.00 bits per heavy atom. The van der Waals surface area contributed by atoms with E-state index >= 15 is 0 Å². The quantitative estimate of drug-likeness (QED) is 0.739. The average Bonchev–Trinajstić information content (AvgIpc) is 3.00. The summed E-state index contributed by atoms with van der Waals surface area (Å²) >= 11 is 0. The van der Waals surface area contributed by atoms with Crippen molar-refractivity contribution in [2.75, 3.05) is 31.1 Å². The van der Waals surface area contributed by atoms with Gasteiger partial charge in [0.2, 0.25) is 0 Å². The molecule has 0 spiro atoms. The van der Waals surface area contributed by atoms with Crippen LogP contribution < -0.4 is 4.90 Å². The fourth-order valence-electron chi connectivity index (χ4n) is 3.02. The molecule has 6 heteroatoms. The summed E-state index contributed by atoms with van der Waals surface area (Å²) in [5, 5.41) is 1.09. The number of oxazole rings is 1. The van der Waals surface area contributed by atoms with Crippen molar-refractivity contribution in [1.82, 2.24) is 19.9 Å². The van der Waals surface area contributed by atoms with Gasteiger partial charge in [0.1, 0.15) is 12.1 Å². The summed E-state index contributed by atoms with van der Waals surface area (Å²) in [5.74, 6) is 0.918. The van der Waals surface area contributed by atoms with Gasteiger partial charge in [0.15, 0.2) is 6.39 Å². The Balaban J connectivity index is 1.43. The molecule has 0 amide bonds. The molecule has 6 nitrogen and oxygen atoms in total. The first-order valence-corrected chi connectivity index (χ1v) is 7.85. The Kier molecular flexibility index (Phi) is 3.67. The number of piperazine rings is 1. The van der Waals surface area contributed by atoms with Crippen LogP contribution in [0.5, 0.6) is 0 Å². The fourth-order valence-corrected chi connectivity index (χ4v) is 3.02. The van der Waals surface area contributed by atoms with Gasteiger partial charge in [-0.05, 0) is 25.1 Å². The van der Waals surface area contributed by atoms with Gasteiger partial charge in [-0.3, -0.25) is 4.90 Å². The summed E-state index contributed by atoms with van der Waals surface area (Å²) in [6.45, 7) is 6.90. The van der Waals surface area contributed by atoms with E-state index in [9.17, 15) is 0 Å². The summed E-state index contributed by atoms with van der Waals surface area (Å²) in [4.78, 5) is 17.5. The highest BCUT2D eigenvalue weighted by Gasteiger charge is 2.19. The largest absolute Gasteiger partial charge is 0.448 e. The number of benzene rings is 1. The predicted molar refractivity (Wildman–Crippen MR) is 88.3 cm³/mol. The van der Waals surface area contributed by atoms with Crippen LogP contribution >= 0.6 is 0 Å². The number of nitrogens with zero attached hydrogens (tertiary/aromatic N) is 5. The summed E-state index contributed by atoms with van der Waals surface area (Å²) in [5.41, 5.74) is 3.27. The second-order valence-corrected chi connectivity index (χ2v) is 5.88. The van der Waals surface area contributed by atoms with Gasteiger partial charge in [0.05, 0.1) is 11.2 Å². The van der Waals surface area contributed by atoms with Crippen molar-refractivity contribution in [3.05, 3.63) is 48.6 Å². The number of hydrogen-bond donors (Lipinski definition) is 0. The van der Waals surface area contributed by atoms with Crippen molar-refractivity contribution < 1.29 is 4.42 Å². The van der Waals surface area contributed by atoms with Gasteiger partial charge in [0.25, 0.3) is 0 Å². The van der Waals surface area contributed by atoms with Crippen LogP contribution in [0.3, 0.4) is 0 Å². The number of anilines is 1. The third-order valence-electron chi connectivity index (χ3n) is 4.44. The van der Waals surface area contributed by atoms with E-state index in [0.717, 1.165) is 55.1 Å². The highest BCUT2D eigenvalue weighted by molar-refractivity contribution is 5.81. The molecule has 0 atom stereocenters. The second kappa shape index (κ2) is 5.96. The first kappa shape index (κ1) is 14.1. The molecule has 1 saturated heterocycles. The first-order valence-electron chi connectivity index (χ1n) is 7.85. The minimum absolute atomic E-state index is 0.863. The summed E-state index contributed by atoms with van der Waals surface area (Å²) in [7, 11) is 0. The van der Waals surface area contributed by atoms with Crippen molar-refractivity contribution in [2.24, 2.45) is 0 Å². The molecular weight excluding hydrogens is 290 g/mol. The van der Waals surface area contributed by atoms with Crippen LogP contribution in [0.15, 0.2) is 41.5 Å². The highest BCUT2D eigenvalue weighted by atomic mass is 16.3. The molecule has 0 N–H and O–H groups in total. The molecule has 1 aromatic carbocycles. The zero-order valence-corrected chi connectivity index (χ0v) is 13.1. The number of aromatic nitrogens is 3. The maximum atomic E-state index is 5.28. The molecule has 118 valence electrons. The van der Waals surface area contributed by atoms with Crippen LogP contribution in [-0.4, -0.2) is 46.0 Å². The van der Waals surface area contributed by atoms with Crippen LogP contribution in [0.1, 0.15) is 11.5 Å². The molecule has 1 aliphatic heterocycles. The number of hydrogen-bond acceptors (Lipinski definition) is 6. The molecule has 1 aliphatic rings. The van der Waals surface area contributed by atoms with Crippen LogP contribution in [0.4, 0.5) is 5.69 Å². The lowest BCUT2D eigenvalue weighted by molar-refractivity contribution is 0.246. The van der Waals surface area contributed by atoms with Crippen LogP contribution in [0.25, 0.3) is 10.9 Å². The molecule has 0 unspecified atom stereocenters. The SMILES string of the molecule is Cc1ocnc1CN1CCN(c2ccc3ncncc3c2)CC1. The number of fused-ring (bicyclic) bond motifs is 1. The topological polar surface area (TPSA) is 58.3 Å².